The first-order valence-electron chi connectivity index (χ1n) is 9.71. The van der Waals surface area contributed by atoms with Gasteiger partial charge < -0.3 is 19.9 Å². The van der Waals surface area contributed by atoms with E-state index >= 15 is 0 Å². The number of carbonyl (C=O) groups is 1. The van der Waals surface area contributed by atoms with Gasteiger partial charge >= 0.3 is 0 Å². The molecule has 2 atom stereocenters. The van der Waals surface area contributed by atoms with Gasteiger partial charge in [0.2, 0.25) is 5.91 Å². The topological polar surface area (TPSA) is 44.8 Å². The predicted octanol–water partition coefficient (Wildman–Crippen LogP) is 3.82. The summed E-state index contributed by atoms with van der Waals surface area (Å²) in [5.74, 6) is 0.0997. The number of fused-ring (bicyclic) bond motifs is 1. The summed E-state index contributed by atoms with van der Waals surface area (Å²) in [4.78, 5) is 16.4. The van der Waals surface area contributed by atoms with E-state index in [1.54, 1.807) is 6.92 Å². The molecule has 0 bridgehead atoms. The minimum absolute atomic E-state index is 0.0997. The van der Waals surface area contributed by atoms with Crippen molar-refractivity contribution >= 4 is 23.0 Å². The molecule has 1 fully saturated rings. The van der Waals surface area contributed by atoms with Gasteiger partial charge in [-0.2, -0.15) is 0 Å². The summed E-state index contributed by atoms with van der Waals surface area (Å²) in [6.45, 7) is 7.20. The van der Waals surface area contributed by atoms with Crippen LogP contribution in [0.3, 0.4) is 0 Å². The van der Waals surface area contributed by atoms with Crippen molar-refractivity contribution in [2.45, 2.75) is 32.4 Å². The Morgan fingerprint density at radius 1 is 1.11 bits per heavy atom. The normalized spacial score (nSPS) is 22.3. The van der Waals surface area contributed by atoms with E-state index in [9.17, 15) is 4.79 Å². The minimum Gasteiger partial charge on any atom is -0.378 e. The van der Waals surface area contributed by atoms with E-state index in [4.69, 9.17) is 4.74 Å². The fourth-order valence-corrected chi connectivity index (χ4v) is 4.24. The summed E-state index contributed by atoms with van der Waals surface area (Å²) in [5, 5.41) is 3.71. The van der Waals surface area contributed by atoms with Gasteiger partial charge in [-0.25, -0.2) is 0 Å². The predicted molar refractivity (Wildman–Crippen MR) is 110 cm³/mol. The number of hydrogen-bond acceptors (Lipinski definition) is 4. The average Bonchev–Trinajstić information content (AvgIpc) is 2.68. The Kier molecular flexibility index (Phi) is 5.03. The number of carbonyl (C=O) groups excluding carboxylic acids is 1. The van der Waals surface area contributed by atoms with Crippen molar-refractivity contribution in [3.63, 3.8) is 0 Å². The van der Waals surface area contributed by atoms with Crippen LogP contribution in [0.25, 0.3) is 0 Å². The Morgan fingerprint density at radius 3 is 2.67 bits per heavy atom. The number of rotatable bonds is 3. The first-order chi connectivity index (χ1) is 13.1. The van der Waals surface area contributed by atoms with Crippen LogP contribution < -0.4 is 15.1 Å². The Balaban J connectivity index is 1.59. The van der Waals surface area contributed by atoms with E-state index in [1.807, 2.05) is 23.1 Å². The van der Waals surface area contributed by atoms with Crippen LogP contribution in [-0.4, -0.2) is 38.3 Å². The second-order valence-corrected chi connectivity index (χ2v) is 7.38. The van der Waals surface area contributed by atoms with E-state index in [0.29, 0.717) is 0 Å². The lowest BCUT2D eigenvalue weighted by Crippen LogP contribution is -2.43. The zero-order chi connectivity index (χ0) is 18.8. The van der Waals surface area contributed by atoms with E-state index in [-0.39, 0.29) is 18.0 Å². The number of morpholine rings is 1. The van der Waals surface area contributed by atoms with E-state index in [1.165, 1.54) is 11.3 Å². The first-order valence-corrected chi connectivity index (χ1v) is 9.71. The standard InChI is InChI=1S/C22H27N3O2/c1-16-14-21(20-8-3-4-9-22(20)25(16)17(2)26)23-18-6-5-7-19(15-18)24-10-12-27-13-11-24/h3-9,15-16,21,23H,10-14H2,1-2H3. The monoisotopic (exact) mass is 365 g/mol. The molecule has 2 aliphatic rings. The SMILES string of the molecule is CC(=O)N1c2ccccc2C(Nc2cccc(N3CCOCC3)c2)CC1C. The number of nitrogens with zero attached hydrogens (tertiary/aromatic N) is 2. The minimum atomic E-state index is 0.0997. The number of hydrogen-bond donors (Lipinski definition) is 1. The highest BCUT2D eigenvalue weighted by atomic mass is 16.5. The maximum absolute atomic E-state index is 12.1. The van der Waals surface area contributed by atoms with Gasteiger partial charge in [-0.3, -0.25) is 4.79 Å². The van der Waals surface area contributed by atoms with E-state index in [0.717, 1.165) is 44.1 Å². The van der Waals surface area contributed by atoms with Crippen molar-refractivity contribution in [3.8, 4) is 0 Å². The number of ether oxygens (including phenoxy) is 1. The fourth-order valence-electron chi connectivity index (χ4n) is 4.24. The van der Waals surface area contributed by atoms with Crippen LogP contribution in [0.15, 0.2) is 48.5 Å². The van der Waals surface area contributed by atoms with Gasteiger partial charge in [0.05, 0.1) is 19.3 Å². The Hall–Kier alpha value is -2.53. The summed E-state index contributed by atoms with van der Waals surface area (Å²) in [6.07, 6.45) is 0.887. The molecule has 142 valence electrons. The summed E-state index contributed by atoms with van der Waals surface area (Å²) in [7, 11) is 0. The number of benzene rings is 2. The molecule has 1 N–H and O–H groups in total. The lowest BCUT2D eigenvalue weighted by atomic mass is 9.91. The molecule has 0 aliphatic carbocycles. The highest BCUT2D eigenvalue weighted by molar-refractivity contribution is 5.93. The smallest absolute Gasteiger partial charge is 0.224 e. The first kappa shape index (κ1) is 17.9. The molecule has 0 aromatic heterocycles. The van der Waals surface area contributed by atoms with Gasteiger partial charge in [-0.05, 0) is 43.2 Å². The molecule has 0 saturated carbocycles. The van der Waals surface area contributed by atoms with Gasteiger partial charge in [-0.15, -0.1) is 0 Å². The van der Waals surface area contributed by atoms with Crippen LogP contribution >= 0.6 is 0 Å². The van der Waals surface area contributed by atoms with Crippen molar-refractivity contribution in [1.82, 2.24) is 0 Å². The van der Waals surface area contributed by atoms with Crippen LogP contribution in [0, 0.1) is 0 Å². The molecule has 2 aromatic rings. The zero-order valence-electron chi connectivity index (χ0n) is 16.0. The van der Waals surface area contributed by atoms with Crippen LogP contribution in [0.4, 0.5) is 17.1 Å². The molecule has 2 aliphatic heterocycles. The highest BCUT2D eigenvalue weighted by Gasteiger charge is 2.32. The molecular weight excluding hydrogens is 338 g/mol. The lowest BCUT2D eigenvalue weighted by molar-refractivity contribution is -0.117. The van der Waals surface area contributed by atoms with E-state index in [2.05, 4.69) is 47.5 Å². The van der Waals surface area contributed by atoms with Crippen molar-refractivity contribution in [2.75, 3.05) is 41.4 Å². The van der Waals surface area contributed by atoms with Gasteiger partial charge in [0.15, 0.2) is 0 Å². The van der Waals surface area contributed by atoms with Crippen molar-refractivity contribution in [3.05, 3.63) is 54.1 Å². The lowest BCUT2D eigenvalue weighted by Gasteiger charge is -2.39. The molecule has 0 spiro atoms. The number of nitrogens with one attached hydrogen (secondary N) is 1. The molecule has 5 heteroatoms. The van der Waals surface area contributed by atoms with Gasteiger partial charge in [-0.1, -0.05) is 24.3 Å². The molecule has 2 unspecified atom stereocenters. The average molecular weight is 365 g/mol. The largest absolute Gasteiger partial charge is 0.378 e. The maximum atomic E-state index is 12.1. The fraction of sp³-hybridized carbons (Fsp3) is 0.409. The number of anilines is 3. The third kappa shape index (κ3) is 3.65. The molecule has 1 amide bonds. The van der Waals surface area contributed by atoms with Crippen molar-refractivity contribution < 1.29 is 9.53 Å². The Bertz CT molecular complexity index is 817. The van der Waals surface area contributed by atoms with Crippen molar-refractivity contribution in [1.29, 1.82) is 0 Å². The molecular formula is C22H27N3O2. The third-order valence-corrected chi connectivity index (χ3v) is 5.49. The van der Waals surface area contributed by atoms with Gasteiger partial charge in [0.25, 0.3) is 0 Å². The molecule has 0 radical (unpaired) electrons. The molecule has 4 rings (SSSR count). The van der Waals surface area contributed by atoms with Gasteiger partial charge in [0, 0.05) is 43.1 Å². The molecule has 5 nitrogen and oxygen atoms in total. The summed E-state index contributed by atoms with van der Waals surface area (Å²) in [5.41, 5.74) is 4.54. The van der Waals surface area contributed by atoms with Gasteiger partial charge in [0.1, 0.15) is 0 Å². The molecule has 2 heterocycles. The molecule has 2 aromatic carbocycles. The van der Waals surface area contributed by atoms with Crippen LogP contribution in [-0.2, 0) is 9.53 Å². The zero-order valence-corrected chi connectivity index (χ0v) is 16.0. The Morgan fingerprint density at radius 2 is 1.89 bits per heavy atom. The maximum Gasteiger partial charge on any atom is 0.224 e. The summed E-state index contributed by atoms with van der Waals surface area (Å²) >= 11 is 0. The summed E-state index contributed by atoms with van der Waals surface area (Å²) < 4.78 is 5.46. The quantitative estimate of drug-likeness (QED) is 0.898. The molecule has 1 saturated heterocycles. The highest BCUT2D eigenvalue weighted by Crippen LogP contribution is 2.39. The van der Waals surface area contributed by atoms with Crippen LogP contribution in [0.5, 0.6) is 0 Å². The van der Waals surface area contributed by atoms with Crippen LogP contribution in [0.1, 0.15) is 31.9 Å². The summed E-state index contributed by atoms with van der Waals surface area (Å²) in [6, 6.07) is 17.2. The Labute approximate surface area is 160 Å². The van der Waals surface area contributed by atoms with Crippen LogP contribution in [0.2, 0.25) is 0 Å². The number of amides is 1. The second-order valence-electron chi connectivity index (χ2n) is 7.38. The second kappa shape index (κ2) is 7.61. The number of para-hydroxylation sites is 1. The van der Waals surface area contributed by atoms with E-state index < -0.39 is 0 Å². The van der Waals surface area contributed by atoms with Crippen molar-refractivity contribution in [2.24, 2.45) is 0 Å². The third-order valence-electron chi connectivity index (χ3n) is 5.49. The molecule has 27 heavy (non-hydrogen) atoms.